The van der Waals surface area contributed by atoms with Crippen LogP contribution < -0.4 is 11.1 Å². The monoisotopic (exact) mass is 384 g/mol. The van der Waals surface area contributed by atoms with Crippen molar-refractivity contribution in [1.82, 2.24) is 15.0 Å². The number of nitrogens with zero attached hydrogens (tertiary/aromatic N) is 4. The van der Waals surface area contributed by atoms with E-state index >= 15 is 0 Å². The van der Waals surface area contributed by atoms with Gasteiger partial charge < -0.3 is 11.1 Å². The Bertz CT molecular complexity index is 1230. The summed E-state index contributed by atoms with van der Waals surface area (Å²) in [6.07, 6.45) is 2.96. The summed E-state index contributed by atoms with van der Waals surface area (Å²) in [6, 6.07) is 16.4. The number of benzene rings is 2. The second-order valence-electron chi connectivity index (χ2n) is 6.55. The first-order chi connectivity index (χ1) is 14.1. The highest BCUT2D eigenvalue weighted by Crippen LogP contribution is 2.36. The fraction of sp³-hybridized carbons (Fsp3) is 0.0909. The molecule has 0 aliphatic carbocycles. The molecule has 142 valence electrons. The largest absolute Gasteiger partial charge is 0.382 e. The molecule has 4 rings (SSSR count). The van der Waals surface area contributed by atoms with Crippen LogP contribution >= 0.6 is 0 Å². The Balaban J connectivity index is 1.88. The van der Waals surface area contributed by atoms with Gasteiger partial charge >= 0.3 is 0 Å². The van der Waals surface area contributed by atoms with Gasteiger partial charge in [0.25, 0.3) is 0 Å². The summed E-state index contributed by atoms with van der Waals surface area (Å²) in [7, 11) is 0. The molecule has 1 atom stereocenters. The second kappa shape index (κ2) is 7.52. The summed E-state index contributed by atoms with van der Waals surface area (Å²) >= 11 is 0. The Morgan fingerprint density at radius 3 is 2.62 bits per heavy atom. The van der Waals surface area contributed by atoms with Crippen LogP contribution in [-0.4, -0.2) is 15.0 Å². The molecule has 2 aromatic carbocycles. The lowest BCUT2D eigenvalue weighted by Gasteiger charge is -2.21. The van der Waals surface area contributed by atoms with Crippen LogP contribution in [0.4, 0.5) is 16.0 Å². The molecule has 2 aromatic heterocycles. The number of hydrogen-bond acceptors (Lipinski definition) is 6. The van der Waals surface area contributed by atoms with Gasteiger partial charge in [0.05, 0.1) is 6.04 Å². The summed E-state index contributed by atoms with van der Waals surface area (Å²) in [6.45, 7) is 1.92. The molecular weight excluding hydrogens is 367 g/mol. The predicted octanol–water partition coefficient (Wildman–Crippen LogP) is 4.46. The molecule has 0 aliphatic rings. The Hall–Kier alpha value is -4.05. The van der Waals surface area contributed by atoms with Crippen LogP contribution in [-0.2, 0) is 0 Å². The third-order valence-corrected chi connectivity index (χ3v) is 4.75. The van der Waals surface area contributed by atoms with Gasteiger partial charge in [0.2, 0.25) is 0 Å². The third kappa shape index (κ3) is 3.32. The van der Waals surface area contributed by atoms with Gasteiger partial charge in [-0.25, -0.2) is 14.4 Å². The lowest BCUT2D eigenvalue weighted by molar-refractivity contribution is 0.636. The number of nitrogens with one attached hydrogen (secondary N) is 1. The van der Waals surface area contributed by atoms with Crippen molar-refractivity contribution in [1.29, 1.82) is 5.26 Å². The minimum absolute atomic E-state index is 0.110. The quantitative estimate of drug-likeness (QED) is 0.539. The molecule has 2 heterocycles. The second-order valence-corrected chi connectivity index (χ2v) is 6.55. The van der Waals surface area contributed by atoms with Crippen LogP contribution in [0.3, 0.4) is 0 Å². The smallest absolute Gasteiger partial charge is 0.150 e. The van der Waals surface area contributed by atoms with Gasteiger partial charge in [-0.1, -0.05) is 42.5 Å². The highest BCUT2D eigenvalue weighted by Gasteiger charge is 2.19. The number of pyridine rings is 1. The summed E-state index contributed by atoms with van der Waals surface area (Å²) in [5.74, 6) is 0.0761. The van der Waals surface area contributed by atoms with Crippen LogP contribution in [0.5, 0.6) is 0 Å². The number of para-hydroxylation sites is 1. The van der Waals surface area contributed by atoms with Gasteiger partial charge in [0.15, 0.2) is 0 Å². The van der Waals surface area contributed by atoms with E-state index in [9.17, 15) is 9.65 Å². The van der Waals surface area contributed by atoms with E-state index in [2.05, 4.69) is 20.3 Å². The van der Waals surface area contributed by atoms with E-state index in [1.54, 1.807) is 12.3 Å². The van der Waals surface area contributed by atoms with E-state index < -0.39 is 0 Å². The minimum atomic E-state index is -0.373. The van der Waals surface area contributed by atoms with Gasteiger partial charge in [-0.3, -0.25) is 4.98 Å². The number of nitrogens with two attached hydrogens (primary N) is 1. The number of fused-ring (bicyclic) bond motifs is 1. The number of hydrogen-bond donors (Lipinski definition) is 2. The van der Waals surface area contributed by atoms with E-state index in [0.29, 0.717) is 16.7 Å². The molecule has 0 spiro atoms. The zero-order valence-corrected chi connectivity index (χ0v) is 15.6. The molecule has 0 radical (unpaired) electrons. The maximum Gasteiger partial charge on any atom is 0.150 e. The number of aromatic nitrogens is 3. The molecule has 0 bridgehead atoms. The van der Waals surface area contributed by atoms with E-state index in [-0.39, 0.29) is 23.2 Å². The molecule has 3 N–H and O–H groups in total. The van der Waals surface area contributed by atoms with Crippen molar-refractivity contribution < 1.29 is 4.39 Å². The molecule has 0 saturated heterocycles. The maximum absolute atomic E-state index is 14.4. The number of nitrogen functional groups attached to an aromatic ring is 1. The SMILES string of the molecule is CC(Nc1ncnc(N)c1C#N)c1cnc2c(F)cccc2c1-c1ccccc1. The van der Waals surface area contributed by atoms with E-state index in [1.807, 2.05) is 49.4 Å². The molecule has 0 fully saturated rings. The molecule has 1 unspecified atom stereocenters. The van der Waals surface area contributed by atoms with Gasteiger partial charge in [0.1, 0.15) is 40.9 Å². The van der Waals surface area contributed by atoms with E-state index in [0.717, 1.165) is 16.7 Å². The summed E-state index contributed by atoms with van der Waals surface area (Å²) < 4.78 is 14.4. The van der Waals surface area contributed by atoms with Gasteiger partial charge in [-0.05, 0) is 24.1 Å². The van der Waals surface area contributed by atoms with Crippen LogP contribution in [0.1, 0.15) is 24.1 Å². The fourth-order valence-corrected chi connectivity index (χ4v) is 3.36. The normalized spacial score (nSPS) is 11.8. The topological polar surface area (TPSA) is 101 Å². The maximum atomic E-state index is 14.4. The van der Waals surface area contributed by atoms with Crippen molar-refractivity contribution in [2.24, 2.45) is 0 Å². The van der Waals surface area contributed by atoms with Crippen molar-refractivity contribution >= 4 is 22.5 Å². The average Bonchev–Trinajstić information content (AvgIpc) is 2.74. The first kappa shape index (κ1) is 18.3. The highest BCUT2D eigenvalue weighted by atomic mass is 19.1. The van der Waals surface area contributed by atoms with Crippen molar-refractivity contribution in [2.45, 2.75) is 13.0 Å². The number of halogens is 1. The number of anilines is 2. The summed E-state index contributed by atoms with van der Waals surface area (Å²) in [5, 5.41) is 13.3. The van der Waals surface area contributed by atoms with Crippen LogP contribution in [0.25, 0.3) is 22.0 Å². The molecule has 0 amide bonds. The van der Waals surface area contributed by atoms with E-state index in [4.69, 9.17) is 5.73 Å². The van der Waals surface area contributed by atoms with E-state index in [1.165, 1.54) is 12.4 Å². The fourth-order valence-electron chi connectivity index (χ4n) is 3.36. The lowest BCUT2D eigenvalue weighted by Crippen LogP contribution is -2.12. The Morgan fingerprint density at radius 2 is 1.86 bits per heavy atom. The number of rotatable bonds is 4. The molecular formula is C22H17FN6. The molecule has 4 aromatic rings. The molecule has 0 saturated carbocycles. The molecule has 7 heteroatoms. The van der Waals surface area contributed by atoms with Crippen molar-refractivity contribution in [3.8, 4) is 17.2 Å². The van der Waals surface area contributed by atoms with Gasteiger partial charge in [-0.15, -0.1) is 0 Å². The Kier molecular flexibility index (Phi) is 4.75. The minimum Gasteiger partial charge on any atom is -0.382 e. The Labute approximate surface area is 166 Å². The van der Waals surface area contributed by atoms with Gasteiger partial charge in [-0.2, -0.15) is 5.26 Å². The van der Waals surface area contributed by atoms with Crippen LogP contribution in [0.2, 0.25) is 0 Å². The molecule has 6 nitrogen and oxygen atoms in total. The standard InChI is InChI=1S/C22H17FN6/c1-13(29-22-16(10-24)21(25)27-12-28-22)17-11-26-20-15(8-5-9-18(20)23)19(17)14-6-3-2-4-7-14/h2-9,11-13H,1H3,(H3,25,27,28,29). The zero-order chi connectivity index (χ0) is 20.4. The predicted molar refractivity (Wildman–Crippen MR) is 110 cm³/mol. The zero-order valence-electron chi connectivity index (χ0n) is 15.6. The molecule has 0 aliphatic heterocycles. The van der Waals surface area contributed by atoms with Crippen LogP contribution in [0, 0.1) is 17.1 Å². The number of nitriles is 1. The average molecular weight is 384 g/mol. The van der Waals surface area contributed by atoms with Crippen molar-refractivity contribution in [3.05, 3.63) is 78.0 Å². The lowest BCUT2D eigenvalue weighted by atomic mass is 9.93. The Morgan fingerprint density at radius 1 is 1.07 bits per heavy atom. The van der Waals surface area contributed by atoms with Crippen LogP contribution in [0.15, 0.2) is 61.1 Å². The third-order valence-electron chi connectivity index (χ3n) is 4.75. The van der Waals surface area contributed by atoms with Crippen molar-refractivity contribution in [3.63, 3.8) is 0 Å². The summed E-state index contributed by atoms with van der Waals surface area (Å²) in [4.78, 5) is 12.4. The first-order valence-corrected chi connectivity index (χ1v) is 8.99. The van der Waals surface area contributed by atoms with Gasteiger partial charge in [0, 0.05) is 17.1 Å². The van der Waals surface area contributed by atoms with Crippen molar-refractivity contribution in [2.75, 3.05) is 11.1 Å². The highest BCUT2D eigenvalue weighted by molar-refractivity contribution is 5.96. The first-order valence-electron chi connectivity index (χ1n) is 8.99. The summed E-state index contributed by atoms with van der Waals surface area (Å²) in [5.41, 5.74) is 8.94. The molecule has 29 heavy (non-hydrogen) atoms.